The lowest BCUT2D eigenvalue weighted by atomic mass is 10.2. The third-order valence-electron chi connectivity index (χ3n) is 3.07. The van der Waals surface area contributed by atoms with Crippen LogP contribution in [0.3, 0.4) is 0 Å². The van der Waals surface area contributed by atoms with Gasteiger partial charge in [-0.3, -0.25) is 14.9 Å². The fourth-order valence-corrected chi connectivity index (χ4v) is 5.20. The maximum absolute atomic E-state index is 12.1. The first-order valence-electron chi connectivity index (χ1n) is 6.79. The number of benzene rings is 2. The normalized spacial score (nSPS) is 10.2. The smallest absolute Gasteiger partial charge is 0.266 e. The van der Waals surface area contributed by atoms with Crippen LogP contribution in [0, 0.1) is 13.9 Å². The minimum atomic E-state index is -0.605. The Bertz CT molecular complexity index is 1000. The molecule has 1 aromatic heterocycles. The summed E-state index contributed by atoms with van der Waals surface area (Å²) in [5.41, 5.74) is 0.875. The zero-order valence-corrected chi connectivity index (χ0v) is 14.6. The SMILES string of the molecule is O=C(N=S=c1cc(-c2ccccc2)ss1)c1ccccc1[N+](=O)[O-]. The van der Waals surface area contributed by atoms with Crippen molar-refractivity contribution in [2.24, 2.45) is 4.36 Å². The highest BCUT2D eigenvalue weighted by atomic mass is 32.9. The van der Waals surface area contributed by atoms with Crippen LogP contribution in [0.25, 0.3) is 10.4 Å². The van der Waals surface area contributed by atoms with E-state index in [9.17, 15) is 14.9 Å². The van der Waals surface area contributed by atoms with E-state index in [0.29, 0.717) is 0 Å². The molecule has 8 heteroatoms. The molecule has 0 saturated carbocycles. The monoisotopic (exact) mass is 374 g/mol. The summed E-state index contributed by atoms with van der Waals surface area (Å²) >= 11 is 1.04. The minimum Gasteiger partial charge on any atom is -0.266 e. The number of nitro benzene ring substituents is 1. The fraction of sp³-hybridized carbons (Fsp3) is 0. The molecule has 0 aliphatic rings. The van der Waals surface area contributed by atoms with Gasteiger partial charge in [-0.05, 0) is 28.8 Å². The summed E-state index contributed by atoms with van der Waals surface area (Å²) in [6, 6.07) is 17.7. The average molecular weight is 374 g/mol. The van der Waals surface area contributed by atoms with Crippen LogP contribution < -0.4 is 0 Å². The molecule has 1 heterocycles. The molecule has 0 aliphatic carbocycles. The van der Waals surface area contributed by atoms with Gasteiger partial charge in [-0.15, -0.1) is 4.36 Å². The predicted molar refractivity (Wildman–Crippen MR) is 98.1 cm³/mol. The highest BCUT2D eigenvalue weighted by Crippen LogP contribution is 2.28. The van der Waals surface area contributed by atoms with Crippen molar-refractivity contribution in [3.63, 3.8) is 0 Å². The van der Waals surface area contributed by atoms with E-state index in [1.165, 1.54) is 28.5 Å². The standard InChI is InChI=1S/C16H10N2O3S3/c19-16(12-8-4-5-9-13(12)18(20)21)17-22-15-10-14(23-24-15)11-6-2-1-3-7-11/h1-10H. The maximum atomic E-state index is 12.1. The van der Waals surface area contributed by atoms with Crippen LogP contribution in [-0.2, 0) is 11.1 Å². The molecule has 3 rings (SSSR count). The van der Waals surface area contributed by atoms with Crippen LogP contribution >= 0.6 is 20.7 Å². The summed E-state index contributed by atoms with van der Waals surface area (Å²) in [6.07, 6.45) is 0. The van der Waals surface area contributed by atoms with Gasteiger partial charge in [-0.1, -0.05) is 63.1 Å². The van der Waals surface area contributed by atoms with Gasteiger partial charge in [0.1, 0.15) is 9.39 Å². The van der Waals surface area contributed by atoms with Gasteiger partial charge in [0.05, 0.1) is 4.92 Å². The largest absolute Gasteiger partial charge is 0.294 e. The summed E-state index contributed by atoms with van der Waals surface area (Å²) in [4.78, 5) is 23.6. The van der Waals surface area contributed by atoms with Crippen molar-refractivity contribution in [1.82, 2.24) is 0 Å². The number of hydrogen-bond acceptors (Lipinski definition) is 5. The van der Waals surface area contributed by atoms with E-state index in [1.807, 2.05) is 36.4 Å². The van der Waals surface area contributed by atoms with Crippen molar-refractivity contribution >= 4 is 43.4 Å². The molecular formula is C16H10N2O3S3. The fourth-order valence-electron chi connectivity index (χ4n) is 1.97. The van der Waals surface area contributed by atoms with Gasteiger partial charge >= 0.3 is 0 Å². The summed E-state index contributed by atoms with van der Waals surface area (Å²) < 4.78 is 4.77. The first-order valence-corrected chi connectivity index (χ1v) is 9.72. The summed E-state index contributed by atoms with van der Waals surface area (Å²) in [5.74, 6) is -0.605. The maximum Gasteiger partial charge on any atom is 0.294 e. The Morgan fingerprint density at radius 1 is 1.04 bits per heavy atom. The molecule has 2 aromatic carbocycles. The molecule has 120 valence electrons. The number of nitrogens with zero attached hydrogens (tertiary/aromatic N) is 2. The molecule has 24 heavy (non-hydrogen) atoms. The summed E-state index contributed by atoms with van der Waals surface area (Å²) in [7, 11) is 3.12. The summed E-state index contributed by atoms with van der Waals surface area (Å²) in [5, 5.41) is 11.0. The van der Waals surface area contributed by atoms with Crippen molar-refractivity contribution < 1.29 is 9.72 Å². The quantitative estimate of drug-likeness (QED) is 0.279. The number of amides is 1. The van der Waals surface area contributed by atoms with Crippen LogP contribution in [0.2, 0.25) is 0 Å². The number of para-hydroxylation sites is 1. The molecule has 0 bridgehead atoms. The number of carbonyl (C=O) groups excluding carboxylic acids is 1. The average Bonchev–Trinajstić information content (AvgIpc) is 3.09. The number of carbonyl (C=O) groups is 1. The topological polar surface area (TPSA) is 72.6 Å². The highest BCUT2D eigenvalue weighted by molar-refractivity contribution is 7.75. The molecule has 0 saturated heterocycles. The van der Waals surface area contributed by atoms with E-state index in [-0.39, 0.29) is 11.3 Å². The van der Waals surface area contributed by atoms with Gasteiger partial charge in [0.2, 0.25) is 0 Å². The second kappa shape index (κ2) is 7.43. The van der Waals surface area contributed by atoms with Gasteiger partial charge in [0.25, 0.3) is 11.6 Å². The first-order chi connectivity index (χ1) is 11.6. The molecular weight excluding hydrogens is 364 g/mol. The zero-order chi connectivity index (χ0) is 16.9. The van der Waals surface area contributed by atoms with E-state index in [1.54, 1.807) is 16.4 Å². The Hall–Kier alpha value is -2.42. The van der Waals surface area contributed by atoms with E-state index in [0.717, 1.165) is 25.4 Å². The van der Waals surface area contributed by atoms with Crippen LogP contribution in [0.4, 0.5) is 5.69 Å². The van der Waals surface area contributed by atoms with Gasteiger partial charge in [0.15, 0.2) is 0 Å². The van der Waals surface area contributed by atoms with Crippen LogP contribution in [-0.4, -0.2) is 10.8 Å². The Labute approximate surface area is 148 Å². The lowest BCUT2D eigenvalue weighted by Gasteiger charge is -1.95. The molecule has 1 amide bonds. The second-order valence-electron chi connectivity index (χ2n) is 4.62. The lowest BCUT2D eigenvalue weighted by molar-refractivity contribution is -0.385. The third-order valence-corrected chi connectivity index (χ3v) is 6.64. The minimum absolute atomic E-state index is 0.00138. The molecule has 0 atom stereocenters. The van der Waals surface area contributed by atoms with E-state index < -0.39 is 10.8 Å². The third kappa shape index (κ3) is 3.73. The van der Waals surface area contributed by atoms with Gasteiger partial charge < -0.3 is 0 Å². The Morgan fingerprint density at radius 3 is 2.50 bits per heavy atom. The van der Waals surface area contributed by atoms with Crippen molar-refractivity contribution in [2.75, 3.05) is 0 Å². The number of nitro groups is 1. The predicted octanol–water partition coefficient (Wildman–Crippen LogP) is 5.02. The van der Waals surface area contributed by atoms with Crippen LogP contribution in [0.15, 0.2) is 65.0 Å². The number of hydrogen-bond donors (Lipinski definition) is 0. The van der Waals surface area contributed by atoms with Gasteiger partial charge in [-0.25, -0.2) is 0 Å². The van der Waals surface area contributed by atoms with Crippen LogP contribution in [0.5, 0.6) is 0 Å². The molecule has 0 aliphatic heterocycles. The Balaban J connectivity index is 1.93. The Kier molecular flexibility index (Phi) is 5.09. The van der Waals surface area contributed by atoms with Crippen LogP contribution in [0.1, 0.15) is 10.4 Å². The van der Waals surface area contributed by atoms with E-state index in [4.69, 9.17) is 0 Å². The molecule has 5 nitrogen and oxygen atoms in total. The molecule has 0 spiro atoms. The van der Waals surface area contributed by atoms with Crippen molar-refractivity contribution in [3.05, 3.63) is 80.2 Å². The second-order valence-corrected chi connectivity index (χ2v) is 7.90. The molecule has 3 aromatic rings. The zero-order valence-electron chi connectivity index (χ0n) is 12.1. The summed E-state index contributed by atoms with van der Waals surface area (Å²) in [6.45, 7) is 0. The highest BCUT2D eigenvalue weighted by Gasteiger charge is 2.18. The van der Waals surface area contributed by atoms with Crippen molar-refractivity contribution in [2.45, 2.75) is 0 Å². The molecule has 0 N–H and O–H groups in total. The molecule has 0 fully saturated rings. The van der Waals surface area contributed by atoms with Gasteiger partial charge in [-0.2, -0.15) is 0 Å². The van der Waals surface area contributed by atoms with Gasteiger partial charge in [0, 0.05) is 10.9 Å². The molecule has 0 unspecified atom stereocenters. The Morgan fingerprint density at radius 2 is 1.75 bits per heavy atom. The van der Waals surface area contributed by atoms with E-state index in [2.05, 4.69) is 4.36 Å². The lowest BCUT2D eigenvalue weighted by Crippen LogP contribution is -2.00. The van der Waals surface area contributed by atoms with Crippen molar-refractivity contribution in [3.8, 4) is 10.4 Å². The van der Waals surface area contributed by atoms with Crippen molar-refractivity contribution in [1.29, 1.82) is 0 Å². The molecule has 0 radical (unpaired) electrons. The van der Waals surface area contributed by atoms with E-state index >= 15 is 0 Å². The number of rotatable bonds is 3. The first kappa shape index (κ1) is 16.4.